The zero-order chi connectivity index (χ0) is 30.1. The van der Waals surface area contributed by atoms with Crippen molar-refractivity contribution in [2.24, 2.45) is 5.92 Å². The zero-order valence-electron chi connectivity index (χ0n) is 22.1. The maximum atomic E-state index is 13.3. The predicted molar refractivity (Wildman–Crippen MR) is 135 cm³/mol. The maximum absolute atomic E-state index is 13.3. The monoisotopic (exact) mass is 584 g/mol. The average Bonchev–Trinajstić information content (AvgIpc) is 3.33. The van der Waals surface area contributed by atoms with E-state index in [1.165, 1.54) is 32.3 Å². The SMILES string of the molecule is COc1cccc(C2c3cn[nH]c3NC(=O)C2C(=O)N(C)C)c1COc1ccc(CC(F)(F)F)cc1CC(F)(F)F. The van der Waals surface area contributed by atoms with Gasteiger partial charge in [0.25, 0.3) is 0 Å². The van der Waals surface area contributed by atoms with E-state index < -0.39 is 54.4 Å². The van der Waals surface area contributed by atoms with Crippen LogP contribution in [0.2, 0.25) is 0 Å². The van der Waals surface area contributed by atoms with Gasteiger partial charge in [-0.05, 0) is 23.3 Å². The van der Waals surface area contributed by atoms with E-state index in [1.807, 2.05) is 0 Å². The highest BCUT2D eigenvalue weighted by Gasteiger charge is 2.44. The lowest BCUT2D eigenvalue weighted by Crippen LogP contribution is -2.44. The molecule has 14 heteroatoms. The van der Waals surface area contributed by atoms with Crippen LogP contribution in [-0.4, -0.2) is 60.5 Å². The number of H-pyrrole nitrogens is 1. The van der Waals surface area contributed by atoms with Crippen molar-refractivity contribution in [3.05, 3.63) is 70.4 Å². The first-order valence-electron chi connectivity index (χ1n) is 12.3. The van der Waals surface area contributed by atoms with Crippen molar-refractivity contribution < 1.29 is 45.4 Å². The molecule has 2 atom stereocenters. The third kappa shape index (κ3) is 6.74. The van der Waals surface area contributed by atoms with Crippen LogP contribution in [0.4, 0.5) is 32.2 Å². The Bertz CT molecular complexity index is 1430. The Hall–Kier alpha value is -4.23. The number of alkyl halides is 6. The van der Waals surface area contributed by atoms with Crippen molar-refractivity contribution in [2.45, 2.75) is 37.7 Å². The van der Waals surface area contributed by atoms with Gasteiger partial charge in [0, 0.05) is 36.7 Å². The molecule has 2 N–H and O–H groups in total. The van der Waals surface area contributed by atoms with Crippen LogP contribution in [0.3, 0.4) is 0 Å². The molecule has 2 heterocycles. The number of carbonyl (C=O) groups is 2. The molecule has 4 rings (SSSR count). The van der Waals surface area contributed by atoms with Crippen LogP contribution >= 0.6 is 0 Å². The number of rotatable bonds is 8. The van der Waals surface area contributed by atoms with Crippen LogP contribution < -0.4 is 14.8 Å². The number of nitrogens with one attached hydrogen (secondary N) is 2. The fraction of sp³-hybridized carbons (Fsp3) is 0.370. The number of anilines is 1. The van der Waals surface area contributed by atoms with Gasteiger partial charge in [-0.3, -0.25) is 14.7 Å². The van der Waals surface area contributed by atoms with Gasteiger partial charge >= 0.3 is 12.4 Å². The van der Waals surface area contributed by atoms with Gasteiger partial charge in [-0.2, -0.15) is 31.4 Å². The second-order valence-corrected chi connectivity index (χ2v) is 9.72. The highest BCUT2D eigenvalue weighted by molar-refractivity contribution is 6.09. The van der Waals surface area contributed by atoms with Crippen molar-refractivity contribution in [3.8, 4) is 11.5 Å². The Morgan fingerprint density at radius 2 is 1.71 bits per heavy atom. The number of nitrogens with zero attached hydrogens (tertiary/aromatic N) is 2. The van der Waals surface area contributed by atoms with Gasteiger partial charge in [-0.25, -0.2) is 0 Å². The van der Waals surface area contributed by atoms with Crippen LogP contribution in [0.5, 0.6) is 11.5 Å². The lowest BCUT2D eigenvalue weighted by Gasteiger charge is -2.33. The maximum Gasteiger partial charge on any atom is 0.393 e. The molecule has 0 aliphatic carbocycles. The van der Waals surface area contributed by atoms with Gasteiger partial charge in [-0.15, -0.1) is 0 Å². The molecule has 0 spiro atoms. The molecular formula is C27H26F6N4O4. The molecular weight excluding hydrogens is 558 g/mol. The third-order valence-corrected chi connectivity index (χ3v) is 6.59. The molecule has 220 valence electrons. The van der Waals surface area contributed by atoms with Crippen LogP contribution in [0.15, 0.2) is 42.6 Å². The molecule has 2 unspecified atom stereocenters. The lowest BCUT2D eigenvalue weighted by molar-refractivity contribution is -0.139. The van der Waals surface area contributed by atoms with E-state index in [9.17, 15) is 35.9 Å². The molecule has 8 nitrogen and oxygen atoms in total. The molecule has 2 amide bonds. The normalized spacial score (nSPS) is 17.0. The molecule has 1 aromatic heterocycles. The molecule has 1 aliphatic heterocycles. The summed E-state index contributed by atoms with van der Waals surface area (Å²) in [7, 11) is 4.36. The van der Waals surface area contributed by atoms with Crippen LogP contribution in [-0.2, 0) is 29.0 Å². The summed E-state index contributed by atoms with van der Waals surface area (Å²) < 4.78 is 90.0. The Balaban J connectivity index is 1.77. The van der Waals surface area contributed by atoms with Gasteiger partial charge in [0.2, 0.25) is 11.8 Å². The van der Waals surface area contributed by atoms with Crippen molar-refractivity contribution in [2.75, 3.05) is 26.5 Å². The van der Waals surface area contributed by atoms with Crippen molar-refractivity contribution in [3.63, 3.8) is 0 Å². The molecule has 0 fully saturated rings. The number of aromatic amines is 1. The number of carbonyl (C=O) groups excluding carboxylic acids is 2. The zero-order valence-corrected chi connectivity index (χ0v) is 22.1. The minimum atomic E-state index is -4.71. The van der Waals surface area contributed by atoms with E-state index in [1.54, 1.807) is 18.2 Å². The van der Waals surface area contributed by atoms with E-state index in [2.05, 4.69) is 15.5 Å². The summed E-state index contributed by atoms with van der Waals surface area (Å²) >= 11 is 0. The number of fused-ring (bicyclic) bond motifs is 1. The summed E-state index contributed by atoms with van der Waals surface area (Å²) in [6, 6.07) is 7.79. The topological polar surface area (TPSA) is 96.5 Å². The minimum absolute atomic E-state index is 0.264. The first-order chi connectivity index (χ1) is 19.2. The van der Waals surface area contributed by atoms with E-state index in [0.29, 0.717) is 16.7 Å². The number of hydrogen-bond acceptors (Lipinski definition) is 5. The number of halogens is 6. The summed E-state index contributed by atoms with van der Waals surface area (Å²) in [5, 5.41) is 9.29. The number of amides is 2. The van der Waals surface area contributed by atoms with Crippen molar-refractivity contribution in [1.82, 2.24) is 15.1 Å². The summed E-state index contributed by atoms with van der Waals surface area (Å²) in [4.78, 5) is 27.5. The largest absolute Gasteiger partial charge is 0.496 e. The Kier molecular flexibility index (Phi) is 8.22. The van der Waals surface area contributed by atoms with Crippen molar-refractivity contribution in [1.29, 1.82) is 0 Å². The first-order valence-corrected chi connectivity index (χ1v) is 12.3. The smallest absolute Gasteiger partial charge is 0.393 e. The second kappa shape index (κ2) is 11.3. The highest BCUT2D eigenvalue weighted by atomic mass is 19.4. The fourth-order valence-corrected chi connectivity index (χ4v) is 4.88. The van der Waals surface area contributed by atoms with Gasteiger partial charge in [0.05, 0.1) is 26.1 Å². The van der Waals surface area contributed by atoms with Gasteiger partial charge in [0.15, 0.2) is 0 Å². The quantitative estimate of drug-likeness (QED) is 0.287. The van der Waals surface area contributed by atoms with Crippen LogP contribution in [0.1, 0.15) is 33.7 Å². The number of ether oxygens (including phenoxy) is 2. The minimum Gasteiger partial charge on any atom is -0.496 e. The molecule has 41 heavy (non-hydrogen) atoms. The predicted octanol–water partition coefficient (Wildman–Crippen LogP) is 5.00. The van der Waals surface area contributed by atoms with Crippen molar-refractivity contribution >= 4 is 17.6 Å². The summed E-state index contributed by atoms with van der Waals surface area (Å²) in [6.07, 6.45) is -10.8. The van der Waals surface area contributed by atoms with Gasteiger partial charge < -0.3 is 19.7 Å². The average molecular weight is 585 g/mol. The fourth-order valence-electron chi connectivity index (χ4n) is 4.88. The highest BCUT2D eigenvalue weighted by Crippen LogP contribution is 2.44. The molecule has 3 aromatic rings. The third-order valence-electron chi connectivity index (χ3n) is 6.59. The first kappa shape index (κ1) is 29.7. The molecule has 0 saturated heterocycles. The van der Waals surface area contributed by atoms with Gasteiger partial charge in [-0.1, -0.05) is 24.3 Å². The molecule has 1 aliphatic rings. The van der Waals surface area contributed by atoms with Crippen LogP contribution in [0.25, 0.3) is 0 Å². The summed E-state index contributed by atoms with van der Waals surface area (Å²) in [5.74, 6) is -2.90. The van der Waals surface area contributed by atoms with E-state index in [0.717, 1.165) is 18.2 Å². The number of benzene rings is 2. The standard InChI is InChI=1S/C27H26F6N4O4/c1-37(2)25(39)22-21(17-12-34-36-23(17)35-24(22)38)16-5-4-6-20(40-3)18(16)13-41-19-8-7-14(10-26(28,29)30)9-15(19)11-27(31,32)33/h4-9,12,21-22H,10-11,13H2,1-3H3,(H2,34,35,36,38). The molecule has 0 radical (unpaired) electrons. The molecule has 0 bridgehead atoms. The molecule has 2 aromatic carbocycles. The Morgan fingerprint density at radius 3 is 2.34 bits per heavy atom. The van der Waals surface area contributed by atoms with E-state index in [-0.39, 0.29) is 29.5 Å². The van der Waals surface area contributed by atoms with Crippen LogP contribution in [0, 0.1) is 5.92 Å². The Morgan fingerprint density at radius 1 is 1.00 bits per heavy atom. The summed E-state index contributed by atoms with van der Waals surface area (Å²) in [5.41, 5.74) is 0.441. The molecule has 0 saturated carbocycles. The Labute approximate surface area is 230 Å². The van der Waals surface area contributed by atoms with E-state index in [4.69, 9.17) is 9.47 Å². The number of aromatic nitrogens is 2. The summed E-state index contributed by atoms with van der Waals surface area (Å²) in [6.45, 7) is -0.378. The second-order valence-electron chi connectivity index (χ2n) is 9.72. The number of methoxy groups -OCH3 is 1. The van der Waals surface area contributed by atoms with Gasteiger partial charge in [0.1, 0.15) is 29.8 Å². The lowest BCUT2D eigenvalue weighted by atomic mass is 9.76. The number of hydrogen-bond donors (Lipinski definition) is 2. The van der Waals surface area contributed by atoms with E-state index >= 15 is 0 Å².